The van der Waals surface area contributed by atoms with E-state index in [0.717, 1.165) is 6.20 Å². The highest BCUT2D eigenvalue weighted by atomic mass is 127. The zero-order valence-electron chi connectivity index (χ0n) is 7.71. The van der Waals surface area contributed by atoms with Gasteiger partial charge in [-0.1, -0.05) is 0 Å². The van der Waals surface area contributed by atoms with Gasteiger partial charge in [0, 0.05) is 11.8 Å². The van der Waals surface area contributed by atoms with Crippen molar-refractivity contribution in [1.29, 1.82) is 0 Å². The molecule has 0 saturated heterocycles. The molecule has 1 aromatic rings. The molecular formula is C7H4F3IN2O3. The van der Waals surface area contributed by atoms with Gasteiger partial charge in [0.15, 0.2) is 3.70 Å². The number of rotatable bonds is 2. The van der Waals surface area contributed by atoms with E-state index in [0.29, 0.717) is 0 Å². The van der Waals surface area contributed by atoms with Gasteiger partial charge in [0.1, 0.15) is 0 Å². The summed E-state index contributed by atoms with van der Waals surface area (Å²) in [4.78, 5) is 13.2. The molecule has 0 aromatic carbocycles. The van der Waals surface area contributed by atoms with Crippen molar-refractivity contribution in [2.45, 2.75) is 13.3 Å². The molecule has 0 radical (unpaired) electrons. The highest BCUT2D eigenvalue weighted by Crippen LogP contribution is 2.36. The molecule has 0 saturated carbocycles. The highest BCUT2D eigenvalue weighted by Gasteiger charge is 2.36. The van der Waals surface area contributed by atoms with Gasteiger partial charge in [-0.05, 0) is 29.5 Å². The third-order valence-corrected chi connectivity index (χ3v) is 2.33. The number of hydrogen-bond acceptors (Lipinski definition) is 4. The molecule has 1 rings (SSSR count). The highest BCUT2D eigenvalue weighted by molar-refractivity contribution is 14.1. The largest absolute Gasteiger partial charge is 0.573 e. The standard InChI is InChI=1S/C7H4F3IN2O3/c1-3-2-12-6(11)4(13(14)15)5(3)16-7(8,9)10/h2H,1H3. The second kappa shape index (κ2) is 4.39. The van der Waals surface area contributed by atoms with Crippen LogP contribution in [0.25, 0.3) is 0 Å². The lowest BCUT2D eigenvalue weighted by molar-refractivity contribution is -0.390. The molecule has 1 heterocycles. The van der Waals surface area contributed by atoms with Crippen LogP contribution >= 0.6 is 22.6 Å². The number of nitrogens with zero attached hydrogens (tertiary/aromatic N) is 2. The molecule has 0 unspecified atom stereocenters. The quantitative estimate of drug-likeness (QED) is 0.357. The SMILES string of the molecule is Cc1cnc(I)c([N+](=O)[O-])c1OC(F)(F)F. The molecule has 5 nitrogen and oxygen atoms in total. The molecule has 88 valence electrons. The van der Waals surface area contributed by atoms with Crippen LogP contribution in [0.3, 0.4) is 0 Å². The summed E-state index contributed by atoms with van der Waals surface area (Å²) in [5.41, 5.74) is -0.831. The molecule has 0 N–H and O–H groups in total. The molecule has 0 atom stereocenters. The average molecular weight is 348 g/mol. The first-order chi connectivity index (χ1) is 7.22. The molecule has 0 aliphatic rings. The lowest BCUT2D eigenvalue weighted by Crippen LogP contribution is -2.19. The predicted molar refractivity (Wildman–Crippen MR) is 55.0 cm³/mol. The molecule has 0 bridgehead atoms. The maximum Gasteiger partial charge on any atom is 0.573 e. The van der Waals surface area contributed by atoms with Crippen molar-refractivity contribution in [3.05, 3.63) is 25.6 Å². The van der Waals surface area contributed by atoms with E-state index in [1.807, 2.05) is 0 Å². The lowest BCUT2D eigenvalue weighted by Gasteiger charge is -2.11. The van der Waals surface area contributed by atoms with Crippen LogP contribution in [0.5, 0.6) is 5.75 Å². The van der Waals surface area contributed by atoms with Gasteiger partial charge in [0.25, 0.3) is 0 Å². The number of pyridine rings is 1. The zero-order chi connectivity index (χ0) is 12.5. The van der Waals surface area contributed by atoms with Gasteiger partial charge >= 0.3 is 12.0 Å². The normalized spacial score (nSPS) is 11.3. The Bertz CT molecular complexity index is 436. The summed E-state index contributed by atoms with van der Waals surface area (Å²) < 4.78 is 39.5. The first-order valence-corrected chi connectivity index (χ1v) is 4.85. The summed E-state index contributed by atoms with van der Waals surface area (Å²) in [5.74, 6) is -0.822. The Labute approximate surface area is 101 Å². The second-order valence-electron chi connectivity index (χ2n) is 2.71. The molecule has 16 heavy (non-hydrogen) atoms. The van der Waals surface area contributed by atoms with E-state index in [1.165, 1.54) is 29.5 Å². The van der Waals surface area contributed by atoms with Crippen molar-refractivity contribution in [3.63, 3.8) is 0 Å². The van der Waals surface area contributed by atoms with Crippen molar-refractivity contribution in [2.75, 3.05) is 0 Å². The Balaban J connectivity index is 3.35. The fraction of sp³-hybridized carbons (Fsp3) is 0.286. The van der Waals surface area contributed by atoms with Gasteiger partial charge in [0.05, 0.1) is 4.92 Å². The third kappa shape index (κ3) is 2.93. The van der Waals surface area contributed by atoms with Gasteiger partial charge in [-0.3, -0.25) is 10.1 Å². The number of hydrogen-bond donors (Lipinski definition) is 0. The van der Waals surface area contributed by atoms with Gasteiger partial charge in [-0.2, -0.15) is 0 Å². The minimum absolute atomic E-state index is 0.0514. The Morgan fingerprint density at radius 2 is 2.12 bits per heavy atom. The fourth-order valence-electron chi connectivity index (χ4n) is 0.957. The third-order valence-electron chi connectivity index (χ3n) is 1.54. The number of alkyl halides is 3. The van der Waals surface area contributed by atoms with E-state index >= 15 is 0 Å². The number of halogens is 4. The van der Waals surface area contributed by atoms with Crippen LogP contribution in [-0.2, 0) is 0 Å². The Kier molecular flexibility index (Phi) is 3.55. The summed E-state index contributed by atoms with van der Waals surface area (Å²) in [5, 5.41) is 10.6. The van der Waals surface area contributed by atoms with Crippen LogP contribution in [0.2, 0.25) is 0 Å². The first kappa shape index (κ1) is 12.9. The van der Waals surface area contributed by atoms with Gasteiger partial charge < -0.3 is 4.74 Å². The van der Waals surface area contributed by atoms with E-state index in [9.17, 15) is 23.3 Å². The monoisotopic (exact) mass is 348 g/mol. The Morgan fingerprint density at radius 3 is 2.56 bits per heavy atom. The van der Waals surface area contributed by atoms with E-state index in [4.69, 9.17) is 0 Å². The second-order valence-corrected chi connectivity index (χ2v) is 3.74. The molecule has 0 fully saturated rings. The van der Waals surface area contributed by atoms with Crippen LogP contribution in [-0.4, -0.2) is 16.3 Å². The maximum atomic E-state index is 12.0. The average Bonchev–Trinajstić information content (AvgIpc) is 2.08. The smallest absolute Gasteiger partial charge is 0.398 e. The van der Waals surface area contributed by atoms with E-state index in [-0.39, 0.29) is 9.26 Å². The van der Waals surface area contributed by atoms with Crippen LogP contribution in [0.1, 0.15) is 5.56 Å². The van der Waals surface area contributed by atoms with E-state index in [2.05, 4.69) is 9.72 Å². The number of aromatic nitrogens is 1. The minimum atomic E-state index is -4.97. The summed E-state index contributed by atoms with van der Waals surface area (Å²) in [6, 6.07) is 0. The molecule has 9 heteroatoms. The maximum absolute atomic E-state index is 12.0. The van der Waals surface area contributed by atoms with Crippen molar-refractivity contribution in [2.24, 2.45) is 0 Å². The van der Waals surface area contributed by atoms with Crippen LogP contribution in [0.4, 0.5) is 18.9 Å². The Morgan fingerprint density at radius 1 is 1.56 bits per heavy atom. The summed E-state index contributed by atoms with van der Waals surface area (Å²) >= 11 is 1.47. The van der Waals surface area contributed by atoms with Crippen LogP contribution in [0.15, 0.2) is 6.20 Å². The van der Waals surface area contributed by atoms with E-state index < -0.39 is 22.7 Å². The van der Waals surface area contributed by atoms with Gasteiger partial charge in [-0.25, -0.2) is 4.98 Å². The van der Waals surface area contributed by atoms with Gasteiger partial charge in [-0.15, -0.1) is 13.2 Å². The minimum Gasteiger partial charge on any atom is -0.398 e. The molecule has 1 aromatic heterocycles. The molecule has 0 spiro atoms. The summed E-state index contributed by atoms with van der Waals surface area (Å²) in [6.45, 7) is 1.25. The fourth-order valence-corrected chi connectivity index (χ4v) is 1.54. The van der Waals surface area contributed by atoms with Crippen molar-refractivity contribution in [1.82, 2.24) is 4.98 Å². The molecule has 0 aliphatic carbocycles. The first-order valence-electron chi connectivity index (χ1n) is 3.77. The summed E-state index contributed by atoms with van der Waals surface area (Å²) in [6.07, 6.45) is -3.89. The number of ether oxygens (including phenoxy) is 1. The van der Waals surface area contributed by atoms with Crippen LogP contribution < -0.4 is 4.74 Å². The predicted octanol–water partition coefficient (Wildman–Crippen LogP) is 2.80. The van der Waals surface area contributed by atoms with Crippen LogP contribution in [0, 0.1) is 20.7 Å². The van der Waals surface area contributed by atoms with Crippen molar-refractivity contribution < 1.29 is 22.8 Å². The lowest BCUT2D eigenvalue weighted by atomic mass is 10.2. The van der Waals surface area contributed by atoms with Gasteiger partial charge in [0.2, 0.25) is 5.75 Å². The molecule has 0 aliphatic heterocycles. The molecular weight excluding hydrogens is 344 g/mol. The topological polar surface area (TPSA) is 65.3 Å². The number of aryl methyl sites for hydroxylation is 1. The number of nitro groups is 1. The van der Waals surface area contributed by atoms with E-state index in [1.54, 1.807) is 0 Å². The van der Waals surface area contributed by atoms with Crippen molar-refractivity contribution >= 4 is 28.3 Å². The summed E-state index contributed by atoms with van der Waals surface area (Å²) in [7, 11) is 0. The Hall–Kier alpha value is -1.13. The zero-order valence-corrected chi connectivity index (χ0v) is 9.87. The van der Waals surface area contributed by atoms with Crippen molar-refractivity contribution in [3.8, 4) is 5.75 Å². The molecule has 0 amide bonds.